The molecule has 4 rings (SSSR count). The van der Waals surface area contributed by atoms with Gasteiger partial charge in [-0.1, -0.05) is 30.3 Å². The van der Waals surface area contributed by atoms with Crippen molar-refractivity contribution in [1.82, 2.24) is 15.1 Å². The number of nitrogens with zero attached hydrogens (tertiary/aromatic N) is 2. The Morgan fingerprint density at radius 1 is 1.12 bits per heavy atom. The second-order valence-electron chi connectivity index (χ2n) is 7.67. The van der Waals surface area contributed by atoms with Gasteiger partial charge in [0.05, 0.1) is 19.3 Å². The number of thiophene rings is 1. The maximum Gasteiger partial charge on any atom is 0.272 e. The molecule has 4 aromatic rings. The Hall–Kier alpha value is -3.45. The zero-order valence-electron chi connectivity index (χ0n) is 18.1. The van der Waals surface area contributed by atoms with E-state index >= 15 is 0 Å². The van der Waals surface area contributed by atoms with Gasteiger partial charge in [-0.2, -0.15) is 5.10 Å². The van der Waals surface area contributed by atoms with Crippen LogP contribution in [0, 0.1) is 5.82 Å². The lowest BCUT2D eigenvalue weighted by Crippen LogP contribution is -2.36. The summed E-state index contributed by atoms with van der Waals surface area (Å²) in [4.78, 5) is 16.9. The number of benzene rings is 2. The van der Waals surface area contributed by atoms with Gasteiger partial charge in [0.15, 0.2) is 0 Å². The van der Waals surface area contributed by atoms with Crippen molar-refractivity contribution in [2.75, 3.05) is 7.11 Å². The van der Waals surface area contributed by atoms with Gasteiger partial charge in [0.2, 0.25) is 0 Å². The van der Waals surface area contributed by atoms with Crippen molar-refractivity contribution in [3.8, 4) is 27.4 Å². The molecule has 0 saturated carbocycles. The quantitative estimate of drug-likeness (QED) is 0.376. The van der Waals surface area contributed by atoms with Gasteiger partial charge in [-0.3, -0.25) is 9.89 Å². The summed E-state index contributed by atoms with van der Waals surface area (Å²) in [6.07, 6.45) is 0. The molecule has 0 unspecified atom stereocenters. The molecule has 164 valence electrons. The summed E-state index contributed by atoms with van der Waals surface area (Å²) < 4.78 is 19.4. The highest BCUT2D eigenvalue weighted by molar-refractivity contribution is 7.15. The lowest BCUT2D eigenvalue weighted by molar-refractivity contribution is 0.0686. The van der Waals surface area contributed by atoms with E-state index in [-0.39, 0.29) is 17.8 Å². The minimum Gasteiger partial charge on any atom is -0.497 e. The molecule has 0 atom stereocenters. The first kappa shape index (κ1) is 21.8. The van der Waals surface area contributed by atoms with Gasteiger partial charge in [-0.25, -0.2) is 4.39 Å². The largest absolute Gasteiger partial charge is 0.497 e. The number of nitrogens with one attached hydrogen (secondary N) is 1. The van der Waals surface area contributed by atoms with Crippen LogP contribution in [-0.2, 0) is 6.54 Å². The Morgan fingerprint density at radius 2 is 1.94 bits per heavy atom. The molecule has 0 saturated heterocycles. The van der Waals surface area contributed by atoms with E-state index in [1.165, 1.54) is 17.4 Å². The number of ether oxygens (including phenoxy) is 1. The van der Waals surface area contributed by atoms with Crippen LogP contribution >= 0.6 is 11.3 Å². The van der Waals surface area contributed by atoms with E-state index in [0.29, 0.717) is 23.5 Å². The van der Waals surface area contributed by atoms with Crippen molar-refractivity contribution >= 4 is 17.2 Å². The van der Waals surface area contributed by atoms with Gasteiger partial charge in [-0.15, -0.1) is 11.3 Å². The Kier molecular flexibility index (Phi) is 6.37. The number of carbonyl (C=O) groups is 1. The van der Waals surface area contributed by atoms with Crippen LogP contribution in [0.25, 0.3) is 21.7 Å². The molecule has 2 aromatic heterocycles. The number of rotatable bonds is 7. The van der Waals surface area contributed by atoms with E-state index in [4.69, 9.17) is 4.74 Å². The third kappa shape index (κ3) is 4.57. The maximum absolute atomic E-state index is 14.1. The van der Waals surface area contributed by atoms with Crippen molar-refractivity contribution in [3.63, 3.8) is 0 Å². The molecule has 32 heavy (non-hydrogen) atoms. The average Bonchev–Trinajstić information content (AvgIpc) is 3.47. The van der Waals surface area contributed by atoms with Crippen LogP contribution in [-0.4, -0.2) is 34.2 Å². The summed E-state index contributed by atoms with van der Waals surface area (Å²) in [6, 6.07) is 19.8. The van der Waals surface area contributed by atoms with Crippen LogP contribution in [0.15, 0.2) is 66.7 Å². The normalized spacial score (nSPS) is 11.0. The van der Waals surface area contributed by atoms with Crippen molar-refractivity contribution < 1.29 is 13.9 Å². The van der Waals surface area contributed by atoms with Crippen LogP contribution in [0.5, 0.6) is 5.75 Å². The predicted molar refractivity (Wildman–Crippen MR) is 125 cm³/mol. The third-order valence-electron chi connectivity index (χ3n) is 5.19. The van der Waals surface area contributed by atoms with E-state index in [0.717, 1.165) is 21.1 Å². The monoisotopic (exact) mass is 449 g/mol. The molecule has 0 fully saturated rings. The molecule has 0 aliphatic heterocycles. The smallest absolute Gasteiger partial charge is 0.272 e. The zero-order chi connectivity index (χ0) is 22.7. The van der Waals surface area contributed by atoms with Crippen LogP contribution < -0.4 is 4.74 Å². The second-order valence-corrected chi connectivity index (χ2v) is 8.84. The fourth-order valence-electron chi connectivity index (χ4n) is 3.44. The molecule has 2 aromatic carbocycles. The minimum absolute atomic E-state index is 0.0231. The van der Waals surface area contributed by atoms with E-state index < -0.39 is 0 Å². The lowest BCUT2D eigenvalue weighted by Gasteiger charge is -2.25. The van der Waals surface area contributed by atoms with Crippen molar-refractivity contribution in [1.29, 1.82) is 0 Å². The Labute approximate surface area is 190 Å². The van der Waals surface area contributed by atoms with Crippen molar-refractivity contribution in [2.24, 2.45) is 0 Å². The molecule has 7 heteroatoms. The number of carbonyl (C=O) groups excluding carboxylic acids is 1. The number of H-pyrrole nitrogens is 1. The number of hydrogen-bond donors (Lipinski definition) is 1. The number of amides is 1. The first-order valence-corrected chi connectivity index (χ1v) is 11.1. The van der Waals surface area contributed by atoms with E-state index in [1.807, 2.05) is 56.3 Å². The highest BCUT2D eigenvalue weighted by atomic mass is 32.1. The number of halogens is 1. The molecular weight excluding hydrogens is 425 g/mol. The van der Waals surface area contributed by atoms with Gasteiger partial charge in [0, 0.05) is 26.9 Å². The molecule has 1 N–H and O–H groups in total. The van der Waals surface area contributed by atoms with E-state index in [2.05, 4.69) is 10.2 Å². The fraction of sp³-hybridized carbons (Fsp3) is 0.200. The minimum atomic E-state index is -0.250. The van der Waals surface area contributed by atoms with Crippen LogP contribution in [0.3, 0.4) is 0 Å². The van der Waals surface area contributed by atoms with Crippen molar-refractivity contribution in [3.05, 3.63) is 83.1 Å². The van der Waals surface area contributed by atoms with Crippen LogP contribution in [0.4, 0.5) is 4.39 Å². The standard InChI is InChI=1S/C25H24FN3O2S/c1-16(2)29(15-19-11-12-24(32-19)20-9-4-5-10-21(20)26)25(30)23-14-22(27-28-23)17-7-6-8-18(13-17)31-3/h4-14,16H,15H2,1-3H3,(H,27,28). The summed E-state index contributed by atoms with van der Waals surface area (Å²) in [5.41, 5.74) is 2.53. The third-order valence-corrected chi connectivity index (χ3v) is 6.29. The second kappa shape index (κ2) is 9.36. The van der Waals surface area contributed by atoms with Gasteiger partial charge >= 0.3 is 0 Å². The summed E-state index contributed by atoms with van der Waals surface area (Å²) in [6.45, 7) is 4.38. The molecule has 5 nitrogen and oxygen atoms in total. The van der Waals surface area contributed by atoms with Gasteiger partial charge < -0.3 is 9.64 Å². The summed E-state index contributed by atoms with van der Waals surface area (Å²) >= 11 is 1.49. The molecular formula is C25H24FN3O2S. The SMILES string of the molecule is COc1cccc(-c2cc(C(=O)N(Cc3ccc(-c4ccccc4F)s3)C(C)C)[nH]n2)c1. The van der Waals surface area contributed by atoms with E-state index in [1.54, 1.807) is 30.2 Å². The highest BCUT2D eigenvalue weighted by Crippen LogP contribution is 2.31. The topological polar surface area (TPSA) is 58.2 Å². The molecule has 0 aliphatic rings. The number of hydrogen-bond acceptors (Lipinski definition) is 4. The van der Waals surface area contributed by atoms with Crippen LogP contribution in [0.2, 0.25) is 0 Å². The molecule has 1 amide bonds. The highest BCUT2D eigenvalue weighted by Gasteiger charge is 2.22. The molecule has 2 heterocycles. The lowest BCUT2D eigenvalue weighted by atomic mass is 10.1. The molecule has 0 bridgehead atoms. The Morgan fingerprint density at radius 3 is 2.69 bits per heavy atom. The maximum atomic E-state index is 14.1. The summed E-state index contributed by atoms with van der Waals surface area (Å²) in [5.74, 6) is 0.341. The summed E-state index contributed by atoms with van der Waals surface area (Å²) in [5, 5.41) is 7.19. The van der Waals surface area contributed by atoms with Gasteiger partial charge in [-0.05, 0) is 50.2 Å². The first-order valence-electron chi connectivity index (χ1n) is 10.3. The summed E-state index contributed by atoms with van der Waals surface area (Å²) in [7, 11) is 1.61. The van der Waals surface area contributed by atoms with E-state index in [9.17, 15) is 9.18 Å². The van der Waals surface area contributed by atoms with Gasteiger partial charge in [0.25, 0.3) is 5.91 Å². The van der Waals surface area contributed by atoms with Gasteiger partial charge in [0.1, 0.15) is 17.3 Å². The fourth-order valence-corrected chi connectivity index (χ4v) is 4.48. The average molecular weight is 450 g/mol. The molecule has 0 aliphatic carbocycles. The number of methoxy groups -OCH3 is 1. The zero-order valence-corrected chi connectivity index (χ0v) is 18.9. The van der Waals surface area contributed by atoms with Crippen molar-refractivity contribution in [2.45, 2.75) is 26.4 Å². The Bertz CT molecular complexity index is 1230. The Balaban J connectivity index is 1.54. The molecule has 0 spiro atoms. The van der Waals surface area contributed by atoms with Crippen LogP contribution in [0.1, 0.15) is 29.2 Å². The first-order chi connectivity index (χ1) is 15.5. The molecule has 0 radical (unpaired) electrons. The number of aromatic nitrogens is 2. The predicted octanol–water partition coefficient (Wildman–Crippen LogP) is 6.00. The number of aromatic amines is 1.